The molecule has 1 unspecified atom stereocenters. The first-order valence-corrected chi connectivity index (χ1v) is 11.0. The molecule has 0 bridgehead atoms. The van der Waals surface area contributed by atoms with Crippen LogP contribution in [0.1, 0.15) is 61.3 Å². The van der Waals surface area contributed by atoms with Crippen LogP contribution in [0.3, 0.4) is 0 Å². The third-order valence-electron chi connectivity index (χ3n) is 5.54. The van der Waals surface area contributed by atoms with Crippen LogP contribution >= 0.6 is 0 Å². The van der Waals surface area contributed by atoms with Gasteiger partial charge in [-0.1, -0.05) is 64.1 Å². The fourth-order valence-electron chi connectivity index (χ4n) is 3.78. The highest BCUT2D eigenvalue weighted by atomic mass is 16.5. The maximum atomic E-state index is 13.5. The maximum Gasteiger partial charge on any atom is 0.262 e. The van der Waals surface area contributed by atoms with E-state index in [4.69, 9.17) is 4.74 Å². The van der Waals surface area contributed by atoms with Crippen LogP contribution in [0.5, 0.6) is 5.75 Å². The molecule has 0 saturated carbocycles. The molecular weight excluding hydrogens is 384 g/mol. The molecule has 160 valence electrons. The molecule has 1 aliphatic heterocycles. The topological polar surface area (TPSA) is 41.6 Å². The summed E-state index contributed by atoms with van der Waals surface area (Å²) in [6.45, 7) is 9.29. The lowest BCUT2D eigenvalue weighted by Gasteiger charge is -2.38. The molecule has 4 rings (SSSR count). The lowest BCUT2D eigenvalue weighted by atomic mass is 10.00. The number of benzene rings is 3. The second kappa shape index (κ2) is 8.84. The van der Waals surface area contributed by atoms with Crippen molar-refractivity contribution >= 4 is 17.3 Å². The molecule has 1 heterocycles. The molecule has 1 aliphatic rings. The zero-order chi connectivity index (χ0) is 22.0. The van der Waals surface area contributed by atoms with Gasteiger partial charge in [0, 0.05) is 11.4 Å². The average Bonchev–Trinajstić information content (AvgIpc) is 2.78. The van der Waals surface area contributed by atoms with Crippen molar-refractivity contribution in [3.8, 4) is 5.75 Å². The van der Waals surface area contributed by atoms with Crippen molar-refractivity contribution in [2.45, 2.75) is 39.8 Å². The number of anilines is 2. The van der Waals surface area contributed by atoms with Crippen LogP contribution in [-0.2, 0) is 0 Å². The van der Waals surface area contributed by atoms with Gasteiger partial charge in [0.25, 0.3) is 5.91 Å². The van der Waals surface area contributed by atoms with E-state index in [1.165, 1.54) is 5.56 Å². The molecule has 0 aliphatic carbocycles. The Morgan fingerprint density at radius 1 is 0.903 bits per heavy atom. The number of amides is 1. The van der Waals surface area contributed by atoms with Crippen molar-refractivity contribution in [1.29, 1.82) is 0 Å². The molecule has 0 aromatic heterocycles. The van der Waals surface area contributed by atoms with Gasteiger partial charge in [0.15, 0.2) is 0 Å². The predicted octanol–water partition coefficient (Wildman–Crippen LogP) is 6.62. The van der Waals surface area contributed by atoms with E-state index in [1.54, 1.807) is 0 Å². The summed E-state index contributed by atoms with van der Waals surface area (Å²) in [4.78, 5) is 15.4. The largest absolute Gasteiger partial charge is 0.493 e. The van der Waals surface area contributed by atoms with Crippen LogP contribution in [0.2, 0.25) is 0 Å². The number of hydrogen-bond donors (Lipinski definition) is 1. The molecule has 3 aromatic rings. The minimum atomic E-state index is -0.300. The minimum absolute atomic E-state index is 0.00298. The molecule has 4 heteroatoms. The van der Waals surface area contributed by atoms with Crippen molar-refractivity contribution in [2.24, 2.45) is 5.92 Å². The SMILES string of the molecule is CC(C)COc1ccc(C2Nc3ccccc3C(=O)N2c2ccc(C(C)C)cc2)cc1. The minimum Gasteiger partial charge on any atom is -0.493 e. The summed E-state index contributed by atoms with van der Waals surface area (Å²) < 4.78 is 5.83. The molecule has 0 spiro atoms. The summed E-state index contributed by atoms with van der Waals surface area (Å²) in [7, 11) is 0. The number of carbonyl (C=O) groups excluding carboxylic acids is 1. The highest BCUT2D eigenvalue weighted by molar-refractivity contribution is 6.12. The third-order valence-corrected chi connectivity index (χ3v) is 5.54. The number of hydrogen-bond acceptors (Lipinski definition) is 3. The van der Waals surface area contributed by atoms with Crippen molar-refractivity contribution in [1.82, 2.24) is 0 Å². The second-order valence-corrected chi connectivity index (χ2v) is 8.79. The van der Waals surface area contributed by atoms with Crippen LogP contribution in [0, 0.1) is 5.92 Å². The standard InChI is InChI=1S/C27H30N2O2/c1-18(2)17-31-23-15-11-21(12-16-23)26-28-25-8-6-5-7-24(25)27(30)29(26)22-13-9-20(10-14-22)19(3)4/h5-16,18-19,26,28H,17H2,1-4H3. The predicted molar refractivity (Wildman–Crippen MR) is 127 cm³/mol. The van der Waals surface area contributed by atoms with Gasteiger partial charge in [0.2, 0.25) is 0 Å². The Kier molecular flexibility index (Phi) is 5.99. The molecule has 31 heavy (non-hydrogen) atoms. The van der Waals surface area contributed by atoms with Crippen LogP contribution in [0.4, 0.5) is 11.4 Å². The molecule has 3 aromatic carbocycles. The summed E-state index contributed by atoms with van der Waals surface area (Å²) in [5.41, 5.74) is 4.68. The van der Waals surface area contributed by atoms with E-state index in [9.17, 15) is 4.79 Å². The third kappa shape index (κ3) is 4.43. The highest BCUT2D eigenvalue weighted by Crippen LogP contribution is 2.37. The zero-order valence-corrected chi connectivity index (χ0v) is 18.6. The average molecular weight is 415 g/mol. The van der Waals surface area contributed by atoms with Gasteiger partial charge >= 0.3 is 0 Å². The van der Waals surface area contributed by atoms with E-state index in [0.717, 1.165) is 22.7 Å². The van der Waals surface area contributed by atoms with E-state index in [1.807, 2.05) is 65.6 Å². The molecule has 1 amide bonds. The first-order valence-electron chi connectivity index (χ1n) is 11.0. The molecule has 1 N–H and O–H groups in total. The van der Waals surface area contributed by atoms with Gasteiger partial charge < -0.3 is 10.1 Å². The number of nitrogens with one attached hydrogen (secondary N) is 1. The Hall–Kier alpha value is -3.27. The quantitative estimate of drug-likeness (QED) is 0.493. The summed E-state index contributed by atoms with van der Waals surface area (Å²) in [5.74, 6) is 1.75. The fourth-order valence-corrected chi connectivity index (χ4v) is 3.78. The summed E-state index contributed by atoms with van der Waals surface area (Å²) >= 11 is 0. The summed E-state index contributed by atoms with van der Waals surface area (Å²) in [6.07, 6.45) is -0.300. The van der Waals surface area contributed by atoms with Gasteiger partial charge in [-0.2, -0.15) is 0 Å². The van der Waals surface area contributed by atoms with E-state index in [2.05, 4.69) is 45.1 Å². The molecule has 0 radical (unpaired) electrons. The normalized spacial score (nSPS) is 15.7. The Morgan fingerprint density at radius 2 is 1.58 bits per heavy atom. The lowest BCUT2D eigenvalue weighted by molar-refractivity contribution is 0.0975. The van der Waals surface area contributed by atoms with Crippen molar-refractivity contribution in [3.63, 3.8) is 0 Å². The Morgan fingerprint density at radius 3 is 2.23 bits per heavy atom. The summed E-state index contributed by atoms with van der Waals surface area (Å²) in [5, 5.41) is 3.56. The van der Waals surface area contributed by atoms with E-state index in [0.29, 0.717) is 24.0 Å². The van der Waals surface area contributed by atoms with Gasteiger partial charge in [-0.05, 0) is 59.4 Å². The van der Waals surface area contributed by atoms with E-state index >= 15 is 0 Å². The number of ether oxygens (including phenoxy) is 1. The Balaban J connectivity index is 1.70. The molecule has 1 atom stereocenters. The van der Waals surface area contributed by atoms with Gasteiger partial charge in [-0.25, -0.2) is 0 Å². The smallest absolute Gasteiger partial charge is 0.262 e. The van der Waals surface area contributed by atoms with Gasteiger partial charge in [0.05, 0.1) is 12.2 Å². The zero-order valence-electron chi connectivity index (χ0n) is 18.6. The van der Waals surface area contributed by atoms with Crippen molar-refractivity contribution < 1.29 is 9.53 Å². The monoisotopic (exact) mass is 414 g/mol. The number of carbonyl (C=O) groups is 1. The van der Waals surface area contributed by atoms with E-state index in [-0.39, 0.29) is 12.1 Å². The van der Waals surface area contributed by atoms with E-state index < -0.39 is 0 Å². The van der Waals surface area contributed by atoms with Gasteiger partial charge in [0.1, 0.15) is 11.9 Å². The number of nitrogens with zero attached hydrogens (tertiary/aromatic N) is 1. The van der Waals surface area contributed by atoms with Crippen LogP contribution < -0.4 is 15.0 Å². The number of fused-ring (bicyclic) bond motifs is 1. The number of para-hydroxylation sites is 1. The first-order chi connectivity index (χ1) is 14.9. The van der Waals surface area contributed by atoms with Crippen LogP contribution in [0.15, 0.2) is 72.8 Å². The number of rotatable bonds is 6. The fraction of sp³-hybridized carbons (Fsp3) is 0.296. The lowest BCUT2D eigenvalue weighted by Crippen LogP contribution is -2.43. The van der Waals surface area contributed by atoms with Crippen molar-refractivity contribution in [3.05, 3.63) is 89.5 Å². The van der Waals surface area contributed by atoms with Gasteiger partial charge in [-0.15, -0.1) is 0 Å². The molecular formula is C27H30N2O2. The molecule has 4 nitrogen and oxygen atoms in total. The van der Waals surface area contributed by atoms with Crippen LogP contribution in [0.25, 0.3) is 0 Å². The highest BCUT2D eigenvalue weighted by Gasteiger charge is 2.34. The Bertz CT molecular complexity index is 1040. The Labute approximate surface area is 184 Å². The molecule has 0 fully saturated rings. The molecule has 0 saturated heterocycles. The summed E-state index contributed by atoms with van der Waals surface area (Å²) in [6, 6.07) is 24.0. The van der Waals surface area contributed by atoms with Gasteiger partial charge in [-0.3, -0.25) is 9.69 Å². The second-order valence-electron chi connectivity index (χ2n) is 8.79. The van der Waals surface area contributed by atoms with Crippen LogP contribution in [-0.4, -0.2) is 12.5 Å². The van der Waals surface area contributed by atoms with Crippen molar-refractivity contribution in [2.75, 3.05) is 16.8 Å². The first kappa shape index (κ1) is 21.0. The maximum absolute atomic E-state index is 13.5.